The monoisotopic (exact) mass is 374 g/mol. The van der Waals surface area contributed by atoms with Crippen LogP contribution in [0.15, 0.2) is 35.5 Å². The molecule has 2 aromatic rings. The number of aromatic nitrogens is 1. The van der Waals surface area contributed by atoms with Crippen molar-refractivity contribution in [1.29, 1.82) is 0 Å². The Bertz CT molecular complexity index is 679. The van der Waals surface area contributed by atoms with Crippen LogP contribution in [-0.2, 0) is 12.8 Å². The molecule has 0 amide bonds. The van der Waals surface area contributed by atoms with Crippen molar-refractivity contribution in [3.05, 3.63) is 45.9 Å². The molecule has 5 nitrogen and oxygen atoms in total. The smallest absolute Gasteiger partial charge is 0.191 e. The van der Waals surface area contributed by atoms with Gasteiger partial charge in [-0.2, -0.15) is 0 Å². The molecule has 0 saturated carbocycles. The number of aliphatic imine (C=N–C) groups is 1. The Kier molecular flexibility index (Phi) is 8.41. The molecule has 1 aromatic carbocycles. The summed E-state index contributed by atoms with van der Waals surface area (Å²) in [4.78, 5) is 10.3. The standard InChI is InChI=1S/C20H30N4OS/c1-5-21-20(23-13-11-19-24-14-16(4)26-19)22-12-10-17-6-8-18(9-7-17)25-15(2)3/h6-9,14-15H,5,10-13H2,1-4H3,(H2,21,22,23). The maximum absolute atomic E-state index is 5.68. The maximum Gasteiger partial charge on any atom is 0.191 e. The topological polar surface area (TPSA) is 58.5 Å². The van der Waals surface area contributed by atoms with Crippen LogP contribution >= 0.6 is 11.3 Å². The van der Waals surface area contributed by atoms with Gasteiger partial charge >= 0.3 is 0 Å². The van der Waals surface area contributed by atoms with Crippen molar-refractivity contribution in [2.24, 2.45) is 4.99 Å². The molecule has 1 heterocycles. The Morgan fingerprint density at radius 2 is 1.96 bits per heavy atom. The number of aryl methyl sites for hydroxylation is 1. The molecule has 0 bridgehead atoms. The van der Waals surface area contributed by atoms with Crippen LogP contribution in [-0.4, -0.2) is 36.7 Å². The predicted molar refractivity (Wildman–Crippen MR) is 110 cm³/mol. The summed E-state index contributed by atoms with van der Waals surface area (Å²) >= 11 is 1.74. The van der Waals surface area contributed by atoms with Gasteiger partial charge in [0.25, 0.3) is 0 Å². The van der Waals surface area contributed by atoms with E-state index in [0.717, 1.165) is 49.2 Å². The predicted octanol–water partition coefficient (Wildman–Crippen LogP) is 3.58. The quantitative estimate of drug-likeness (QED) is 0.520. The van der Waals surface area contributed by atoms with E-state index in [0.29, 0.717) is 0 Å². The van der Waals surface area contributed by atoms with Gasteiger partial charge in [0, 0.05) is 37.1 Å². The Balaban J connectivity index is 1.77. The van der Waals surface area contributed by atoms with Crippen LogP contribution in [0.25, 0.3) is 0 Å². The Hall–Kier alpha value is -2.08. The Morgan fingerprint density at radius 1 is 1.19 bits per heavy atom. The largest absolute Gasteiger partial charge is 0.491 e. The SMILES string of the molecule is CCNC(=NCCc1ncc(C)s1)NCCc1ccc(OC(C)C)cc1. The highest BCUT2D eigenvalue weighted by Crippen LogP contribution is 2.14. The second-order valence-electron chi connectivity index (χ2n) is 6.36. The lowest BCUT2D eigenvalue weighted by Gasteiger charge is -2.12. The third kappa shape index (κ3) is 7.44. The van der Waals surface area contributed by atoms with Crippen LogP contribution < -0.4 is 15.4 Å². The van der Waals surface area contributed by atoms with Crippen LogP contribution in [0, 0.1) is 6.92 Å². The molecule has 0 atom stereocenters. The minimum atomic E-state index is 0.203. The van der Waals surface area contributed by atoms with E-state index in [1.807, 2.05) is 32.2 Å². The van der Waals surface area contributed by atoms with Crippen LogP contribution in [0.5, 0.6) is 5.75 Å². The number of thiazole rings is 1. The summed E-state index contributed by atoms with van der Waals surface area (Å²) in [5, 5.41) is 7.84. The molecule has 0 radical (unpaired) electrons. The average Bonchev–Trinajstić information content (AvgIpc) is 3.01. The second-order valence-corrected chi connectivity index (χ2v) is 7.68. The summed E-state index contributed by atoms with van der Waals surface area (Å²) in [5.41, 5.74) is 1.28. The van der Waals surface area contributed by atoms with Crippen molar-refractivity contribution in [1.82, 2.24) is 15.6 Å². The molecule has 2 rings (SSSR count). The van der Waals surface area contributed by atoms with Gasteiger partial charge in [0.05, 0.1) is 11.1 Å². The zero-order chi connectivity index (χ0) is 18.8. The number of rotatable bonds is 9. The third-order valence-electron chi connectivity index (χ3n) is 3.61. The molecular formula is C20H30N4OS. The molecule has 26 heavy (non-hydrogen) atoms. The second kappa shape index (κ2) is 10.8. The van der Waals surface area contributed by atoms with Gasteiger partial charge in [0.2, 0.25) is 0 Å². The van der Waals surface area contributed by atoms with E-state index in [9.17, 15) is 0 Å². The van der Waals surface area contributed by atoms with Gasteiger partial charge in [-0.05, 0) is 51.8 Å². The molecule has 0 aliphatic carbocycles. The van der Waals surface area contributed by atoms with Crippen molar-refractivity contribution in [2.45, 2.75) is 46.6 Å². The lowest BCUT2D eigenvalue weighted by molar-refractivity contribution is 0.242. The minimum absolute atomic E-state index is 0.203. The number of ether oxygens (including phenoxy) is 1. The highest BCUT2D eigenvalue weighted by atomic mass is 32.1. The van der Waals surface area contributed by atoms with Gasteiger partial charge in [-0.25, -0.2) is 4.98 Å². The maximum atomic E-state index is 5.68. The van der Waals surface area contributed by atoms with E-state index in [1.165, 1.54) is 10.4 Å². The van der Waals surface area contributed by atoms with E-state index in [4.69, 9.17) is 4.74 Å². The van der Waals surface area contributed by atoms with Crippen molar-refractivity contribution in [3.63, 3.8) is 0 Å². The van der Waals surface area contributed by atoms with Crippen molar-refractivity contribution >= 4 is 17.3 Å². The number of nitrogens with one attached hydrogen (secondary N) is 2. The molecule has 0 saturated heterocycles. The normalized spacial score (nSPS) is 11.7. The summed E-state index contributed by atoms with van der Waals surface area (Å²) < 4.78 is 5.68. The highest BCUT2D eigenvalue weighted by molar-refractivity contribution is 7.11. The van der Waals surface area contributed by atoms with Gasteiger partial charge in [-0.1, -0.05) is 12.1 Å². The van der Waals surface area contributed by atoms with Crippen LogP contribution in [0.4, 0.5) is 0 Å². The molecule has 6 heteroatoms. The van der Waals surface area contributed by atoms with Crippen LogP contribution in [0.2, 0.25) is 0 Å². The molecule has 0 unspecified atom stereocenters. The number of nitrogens with zero attached hydrogens (tertiary/aromatic N) is 2. The van der Waals surface area contributed by atoms with E-state index in [1.54, 1.807) is 11.3 Å². The fourth-order valence-electron chi connectivity index (χ4n) is 2.45. The third-order valence-corrected chi connectivity index (χ3v) is 4.58. The molecule has 0 spiro atoms. The van der Waals surface area contributed by atoms with Crippen molar-refractivity contribution < 1.29 is 4.74 Å². The molecule has 1 aromatic heterocycles. The fraction of sp³-hybridized carbons (Fsp3) is 0.500. The van der Waals surface area contributed by atoms with Gasteiger partial charge in [-0.15, -0.1) is 11.3 Å². The molecule has 142 valence electrons. The number of hydrogen-bond acceptors (Lipinski definition) is 4. The van der Waals surface area contributed by atoms with Crippen molar-refractivity contribution in [3.8, 4) is 5.75 Å². The first kappa shape index (κ1) is 20.2. The average molecular weight is 375 g/mol. The van der Waals surface area contributed by atoms with E-state index in [2.05, 4.69) is 46.6 Å². The highest BCUT2D eigenvalue weighted by Gasteiger charge is 2.01. The summed E-state index contributed by atoms with van der Waals surface area (Å²) in [5.74, 6) is 1.78. The van der Waals surface area contributed by atoms with E-state index < -0.39 is 0 Å². The van der Waals surface area contributed by atoms with Crippen LogP contribution in [0.3, 0.4) is 0 Å². The lowest BCUT2D eigenvalue weighted by atomic mass is 10.1. The first-order valence-corrected chi connectivity index (χ1v) is 10.1. The minimum Gasteiger partial charge on any atom is -0.491 e. The first-order chi connectivity index (χ1) is 12.6. The number of hydrogen-bond donors (Lipinski definition) is 2. The molecule has 0 fully saturated rings. The zero-order valence-corrected chi connectivity index (χ0v) is 17.0. The molecule has 0 aliphatic heterocycles. The van der Waals surface area contributed by atoms with Crippen molar-refractivity contribution in [2.75, 3.05) is 19.6 Å². The van der Waals surface area contributed by atoms with Gasteiger partial charge < -0.3 is 15.4 Å². The Labute approximate surface area is 160 Å². The molecule has 2 N–H and O–H groups in total. The Morgan fingerprint density at radius 3 is 2.58 bits per heavy atom. The first-order valence-electron chi connectivity index (χ1n) is 9.26. The zero-order valence-electron chi connectivity index (χ0n) is 16.2. The summed E-state index contributed by atoms with van der Waals surface area (Å²) in [6, 6.07) is 8.30. The van der Waals surface area contributed by atoms with E-state index >= 15 is 0 Å². The lowest BCUT2D eigenvalue weighted by Crippen LogP contribution is -2.38. The van der Waals surface area contributed by atoms with Gasteiger partial charge in [-0.3, -0.25) is 4.99 Å². The van der Waals surface area contributed by atoms with E-state index in [-0.39, 0.29) is 6.10 Å². The molecular weight excluding hydrogens is 344 g/mol. The number of guanidine groups is 1. The summed E-state index contributed by atoms with van der Waals surface area (Å²) in [6.45, 7) is 10.7. The number of benzene rings is 1. The fourth-order valence-corrected chi connectivity index (χ4v) is 3.23. The summed E-state index contributed by atoms with van der Waals surface area (Å²) in [6.07, 6.45) is 3.95. The molecule has 0 aliphatic rings. The van der Waals surface area contributed by atoms with Gasteiger partial charge in [0.15, 0.2) is 5.96 Å². The summed E-state index contributed by atoms with van der Waals surface area (Å²) in [7, 11) is 0. The van der Waals surface area contributed by atoms with Crippen LogP contribution in [0.1, 0.15) is 36.2 Å². The van der Waals surface area contributed by atoms with Gasteiger partial charge in [0.1, 0.15) is 5.75 Å².